The molecule has 0 aliphatic rings. The fraction of sp³-hybridized carbons (Fsp3) is 0.350. The zero-order valence-corrected chi connectivity index (χ0v) is 16.5. The van der Waals surface area contributed by atoms with Gasteiger partial charge in [-0.3, -0.25) is 4.99 Å². The van der Waals surface area contributed by atoms with Gasteiger partial charge in [-0.25, -0.2) is 8.42 Å². The fourth-order valence-electron chi connectivity index (χ4n) is 2.71. The Hall–Kier alpha value is -2.34. The smallest absolute Gasteiger partial charge is 0.193 e. The largest absolute Gasteiger partial charge is 0.356 e. The Labute approximate surface area is 156 Å². The predicted octanol–water partition coefficient (Wildman–Crippen LogP) is 2.87. The van der Waals surface area contributed by atoms with E-state index < -0.39 is 9.84 Å². The summed E-state index contributed by atoms with van der Waals surface area (Å²) < 4.78 is 24.6. The number of nitrogens with zero attached hydrogens (tertiary/aromatic N) is 2. The molecule has 0 bridgehead atoms. The molecule has 0 saturated heterocycles. The average Bonchev–Trinajstić information content (AvgIpc) is 2.64. The summed E-state index contributed by atoms with van der Waals surface area (Å²) in [5, 5.41) is 3.24. The Morgan fingerprint density at radius 2 is 1.73 bits per heavy atom. The second-order valence-electron chi connectivity index (χ2n) is 6.24. The molecule has 0 unspecified atom stereocenters. The maximum Gasteiger partial charge on any atom is 0.193 e. The van der Waals surface area contributed by atoms with Crippen LogP contribution in [-0.4, -0.2) is 45.7 Å². The highest BCUT2D eigenvalue weighted by Crippen LogP contribution is 2.11. The predicted molar refractivity (Wildman–Crippen MR) is 107 cm³/mol. The Bertz CT molecular complexity index is 833. The first kappa shape index (κ1) is 20.0. The summed E-state index contributed by atoms with van der Waals surface area (Å²) in [6.07, 6.45) is 0.522. The molecule has 140 valence electrons. The molecular formula is C20H27N3O2S. The van der Waals surface area contributed by atoms with E-state index >= 15 is 0 Å². The second-order valence-corrected chi connectivity index (χ2v) is 8.35. The van der Waals surface area contributed by atoms with Crippen molar-refractivity contribution in [2.24, 2.45) is 4.99 Å². The first-order valence-corrected chi connectivity index (χ1v) is 10.3. The van der Waals surface area contributed by atoms with Crippen LogP contribution in [0.25, 0.3) is 0 Å². The van der Waals surface area contributed by atoms with Crippen LogP contribution in [0.3, 0.4) is 0 Å². The van der Waals surface area contributed by atoms with E-state index in [1.54, 1.807) is 31.3 Å². The van der Waals surface area contributed by atoms with Crippen LogP contribution >= 0.6 is 0 Å². The molecule has 0 fully saturated rings. The second kappa shape index (κ2) is 9.38. The van der Waals surface area contributed by atoms with Crippen LogP contribution in [0, 0.1) is 6.92 Å². The maximum atomic E-state index is 12.3. The summed E-state index contributed by atoms with van der Waals surface area (Å²) in [5.74, 6) is 0.869. The van der Waals surface area contributed by atoms with Crippen molar-refractivity contribution in [3.8, 4) is 0 Å². The number of hydrogen-bond acceptors (Lipinski definition) is 3. The van der Waals surface area contributed by atoms with Gasteiger partial charge in [0, 0.05) is 27.2 Å². The molecule has 0 saturated carbocycles. The third-order valence-corrected chi connectivity index (χ3v) is 6.03. The molecule has 0 atom stereocenters. The number of sulfone groups is 1. The van der Waals surface area contributed by atoms with E-state index in [1.807, 2.05) is 30.1 Å². The van der Waals surface area contributed by atoms with Gasteiger partial charge in [-0.2, -0.15) is 0 Å². The van der Waals surface area contributed by atoms with Gasteiger partial charge in [-0.15, -0.1) is 0 Å². The fourth-order valence-corrected chi connectivity index (χ4v) is 4.04. The summed E-state index contributed by atoms with van der Waals surface area (Å²) in [6.45, 7) is 3.39. The molecule has 1 N–H and O–H groups in total. The van der Waals surface area contributed by atoms with E-state index in [0.717, 1.165) is 12.5 Å². The van der Waals surface area contributed by atoms with Gasteiger partial charge in [-0.05, 0) is 36.6 Å². The first-order chi connectivity index (χ1) is 12.4. The molecule has 0 radical (unpaired) electrons. The van der Waals surface area contributed by atoms with Crippen molar-refractivity contribution in [1.29, 1.82) is 0 Å². The van der Waals surface area contributed by atoms with Crippen molar-refractivity contribution in [2.75, 3.05) is 26.4 Å². The van der Waals surface area contributed by atoms with Gasteiger partial charge >= 0.3 is 0 Å². The molecule has 2 aromatic rings. The van der Waals surface area contributed by atoms with Gasteiger partial charge in [0.2, 0.25) is 0 Å². The molecule has 0 aromatic heterocycles. The van der Waals surface area contributed by atoms with Crippen LogP contribution in [0.4, 0.5) is 0 Å². The van der Waals surface area contributed by atoms with E-state index in [0.29, 0.717) is 17.9 Å². The number of aliphatic imine (C=N–C) groups is 1. The number of guanidine groups is 1. The number of aryl methyl sites for hydroxylation is 1. The van der Waals surface area contributed by atoms with E-state index in [2.05, 4.69) is 29.4 Å². The lowest BCUT2D eigenvalue weighted by atomic mass is 10.1. The minimum absolute atomic E-state index is 0.114. The Morgan fingerprint density at radius 1 is 1.08 bits per heavy atom. The summed E-state index contributed by atoms with van der Waals surface area (Å²) in [6, 6.07) is 16.8. The normalized spacial score (nSPS) is 12.0. The summed E-state index contributed by atoms with van der Waals surface area (Å²) in [4.78, 5) is 6.70. The minimum atomic E-state index is -3.23. The van der Waals surface area contributed by atoms with Crippen LogP contribution in [-0.2, 0) is 16.4 Å². The summed E-state index contributed by atoms with van der Waals surface area (Å²) in [5.41, 5.74) is 2.48. The number of benzene rings is 2. The van der Waals surface area contributed by atoms with E-state index in [9.17, 15) is 8.42 Å². The lowest BCUT2D eigenvalue weighted by Gasteiger charge is -2.23. The van der Waals surface area contributed by atoms with Crippen LogP contribution < -0.4 is 5.32 Å². The van der Waals surface area contributed by atoms with Crippen molar-refractivity contribution in [3.05, 3.63) is 65.7 Å². The molecule has 2 rings (SSSR count). The molecule has 26 heavy (non-hydrogen) atoms. The molecule has 0 heterocycles. The van der Waals surface area contributed by atoms with Gasteiger partial charge in [0.25, 0.3) is 0 Å². The maximum absolute atomic E-state index is 12.3. The Balaban J connectivity index is 1.84. The number of nitrogens with one attached hydrogen (secondary N) is 1. The van der Waals surface area contributed by atoms with Gasteiger partial charge in [0.15, 0.2) is 15.8 Å². The van der Waals surface area contributed by atoms with Crippen LogP contribution in [0.2, 0.25) is 0 Å². The van der Waals surface area contributed by atoms with Crippen molar-refractivity contribution in [3.63, 3.8) is 0 Å². The van der Waals surface area contributed by atoms with Gasteiger partial charge in [0.05, 0.1) is 10.6 Å². The Morgan fingerprint density at radius 3 is 2.38 bits per heavy atom. The van der Waals surface area contributed by atoms with Gasteiger partial charge < -0.3 is 10.2 Å². The minimum Gasteiger partial charge on any atom is -0.356 e. The van der Waals surface area contributed by atoms with Gasteiger partial charge in [-0.1, -0.05) is 42.5 Å². The highest BCUT2D eigenvalue weighted by Gasteiger charge is 2.14. The topological polar surface area (TPSA) is 61.8 Å². The summed E-state index contributed by atoms with van der Waals surface area (Å²) in [7, 11) is 0.475. The SMILES string of the molecule is CN=C(NCCCS(=O)(=O)c1ccccc1)N(C)Cc1ccccc1C. The van der Waals surface area contributed by atoms with Crippen LogP contribution in [0.1, 0.15) is 17.5 Å². The van der Waals surface area contributed by atoms with Crippen molar-refractivity contribution < 1.29 is 8.42 Å². The number of rotatable bonds is 7. The molecule has 5 nitrogen and oxygen atoms in total. The lowest BCUT2D eigenvalue weighted by Crippen LogP contribution is -2.39. The molecule has 0 aliphatic carbocycles. The quantitative estimate of drug-likeness (QED) is 0.461. The molecular weight excluding hydrogens is 346 g/mol. The summed E-state index contributed by atoms with van der Waals surface area (Å²) >= 11 is 0. The molecule has 0 spiro atoms. The highest BCUT2D eigenvalue weighted by atomic mass is 32.2. The van der Waals surface area contributed by atoms with Crippen molar-refractivity contribution in [1.82, 2.24) is 10.2 Å². The molecule has 6 heteroatoms. The van der Waals surface area contributed by atoms with Crippen molar-refractivity contribution >= 4 is 15.8 Å². The third kappa shape index (κ3) is 5.59. The zero-order chi connectivity index (χ0) is 19.0. The lowest BCUT2D eigenvalue weighted by molar-refractivity contribution is 0.475. The van der Waals surface area contributed by atoms with E-state index in [-0.39, 0.29) is 5.75 Å². The molecule has 2 aromatic carbocycles. The van der Waals surface area contributed by atoms with Gasteiger partial charge in [0.1, 0.15) is 0 Å². The average molecular weight is 374 g/mol. The molecule has 0 amide bonds. The highest BCUT2D eigenvalue weighted by molar-refractivity contribution is 7.91. The standard InChI is InChI=1S/C20H27N3O2S/c1-17-10-7-8-11-18(17)16-23(3)20(21-2)22-14-9-15-26(24,25)19-12-5-4-6-13-19/h4-8,10-13H,9,14-16H2,1-3H3,(H,21,22). The van der Waals surface area contributed by atoms with Crippen molar-refractivity contribution in [2.45, 2.75) is 24.8 Å². The molecule has 0 aliphatic heterocycles. The zero-order valence-electron chi connectivity index (χ0n) is 15.6. The Kier molecular flexibility index (Phi) is 7.21. The monoisotopic (exact) mass is 373 g/mol. The van der Waals surface area contributed by atoms with Crippen LogP contribution in [0.5, 0.6) is 0 Å². The number of hydrogen-bond donors (Lipinski definition) is 1. The van der Waals surface area contributed by atoms with E-state index in [4.69, 9.17) is 0 Å². The van der Waals surface area contributed by atoms with Crippen LogP contribution in [0.15, 0.2) is 64.5 Å². The van der Waals surface area contributed by atoms with E-state index in [1.165, 1.54) is 11.1 Å². The third-order valence-electron chi connectivity index (χ3n) is 4.22. The first-order valence-electron chi connectivity index (χ1n) is 8.68.